The van der Waals surface area contributed by atoms with Crippen LogP contribution in [0.5, 0.6) is 11.5 Å². The fraction of sp³-hybridized carbons (Fsp3) is 0.410. The van der Waals surface area contributed by atoms with E-state index in [4.69, 9.17) is 42.1 Å². The molecular formula is C39H45Cl2N4O6+. The van der Waals surface area contributed by atoms with Crippen LogP contribution < -0.4 is 18.9 Å². The molecule has 10 nitrogen and oxygen atoms in total. The Bertz CT molecular complexity index is 1820. The standard InChI is InChI=1S/C39H45Cl2N4O6/c1-28(46)44-18-20-45(21-19-44)31-8-12-32(13-9-31)48-25-34-15-22-49-39(51-34,35-14-7-30(40)23-36(35)41)26-43-17-16-42(27-43)24-29-5-10-33(11-6-29)50-37(47)38(2,3)4/h5-14,16-17,23,27,34H,15,18-22,24-26H2,1-4H3/q+1/t34-,39-/m0/s1. The van der Waals surface area contributed by atoms with Crippen LogP contribution in [-0.2, 0) is 37.9 Å². The third kappa shape index (κ3) is 9.23. The molecule has 0 aliphatic carbocycles. The van der Waals surface area contributed by atoms with Crippen molar-refractivity contribution >= 4 is 40.8 Å². The number of nitrogens with zero attached hydrogens (tertiary/aromatic N) is 4. The first kappa shape index (κ1) is 36.7. The van der Waals surface area contributed by atoms with Crippen molar-refractivity contribution in [2.45, 2.75) is 59.1 Å². The molecule has 270 valence electrons. The number of esters is 1. The Kier molecular flexibility index (Phi) is 11.3. The highest BCUT2D eigenvalue weighted by Crippen LogP contribution is 2.40. The molecule has 2 aliphatic rings. The molecule has 2 atom stereocenters. The number of amides is 1. The molecule has 6 rings (SSSR count). The van der Waals surface area contributed by atoms with E-state index in [-0.39, 0.29) is 18.0 Å². The van der Waals surface area contributed by atoms with Crippen molar-refractivity contribution in [1.29, 1.82) is 0 Å². The van der Waals surface area contributed by atoms with Crippen LogP contribution in [0.2, 0.25) is 10.0 Å². The number of benzene rings is 3. The summed E-state index contributed by atoms with van der Waals surface area (Å²) < 4.78 is 29.0. The van der Waals surface area contributed by atoms with Crippen molar-refractivity contribution in [3.8, 4) is 11.5 Å². The van der Waals surface area contributed by atoms with E-state index in [9.17, 15) is 9.59 Å². The molecule has 2 saturated heterocycles. The van der Waals surface area contributed by atoms with Crippen molar-refractivity contribution in [2.75, 3.05) is 44.3 Å². The number of rotatable bonds is 10. The zero-order valence-electron chi connectivity index (χ0n) is 29.5. The van der Waals surface area contributed by atoms with E-state index >= 15 is 0 Å². The maximum absolute atomic E-state index is 12.3. The summed E-state index contributed by atoms with van der Waals surface area (Å²) in [5.41, 5.74) is 2.27. The van der Waals surface area contributed by atoms with Crippen LogP contribution in [0.25, 0.3) is 0 Å². The van der Waals surface area contributed by atoms with Gasteiger partial charge in [0.2, 0.25) is 18.0 Å². The summed E-state index contributed by atoms with van der Waals surface area (Å²) in [6, 6.07) is 20.9. The number of hydrogen-bond acceptors (Lipinski definition) is 7. The van der Waals surface area contributed by atoms with Gasteiger partial charge < -0.3 is 28.7 Å². The molecule has 12 heteroatoms. The van der Waals surface area contributed by atoms with Crippen LogP contribution in [0, 0.1) is 5.41 Å². The number of ether oxygens (including phenoxy) is 4. The quantitative estimate of drug-likeness (QED) is 0.105. The molecule has 1 aromatic heterocycles. The van der Waals surface area contributed by atoms with E-state index in [1.54, 1.807) is 19.1 Å². The predicted molar refractivity (Wildman–Crippen MR) is 195 cm³/mol. The lowest BCUT2D eigenvalue weighted by Crippen LogP contribution is -2.48. The second-order valence-corrected chi connectivity index (χ2v) is 14.9. The number of anilines is 1. The van der Waals surface area contributed by atoms with E-state index in [1.807, 2.05) is 91.4 Å². The molecule has 0 saturated carbocycles. The van der Waals surface area contributed by atoms with Gasteiger partial charge in [0.25, 0.3) is 0 Å². The fourth-order valence-corrected chi connectivity index (χ4v) is 6.72. The Morgan fingerprint density at radius 1 is 0.961 bits per heavy atom. The Morgan fingerprint density at radius 2 is 1.67 bits per heavy atom. The monoisotopic (exact) mass is 735 g/mol. The van der Waals surface area contributed by atoms with Crippen LogP contribution in [0.4, 0.5) is 5.69 Å². The SMILES string of the molecule is CC(=O)N1CCN(c2ccc(OC[C@@H]3CCO[C@](Cn4cc[n+](Cc5ccc(OC(=O)C(C)(C)C)cc5)c4)(c4ccc(Cl)cc4Cl)O3)cc2)CC1. The number of hydrogen-bond donors (Lipinski definition) is 0. The Balaban J connectivity index is 1.11. The van der Waals surface area contributed by atoms with Crippen molar-refractivity contribution in [3.05, 3.63) is 107 Å². The minimum Gasteiger partial charge on any atom is -0.491 e. The average Bonchev–Trinajstić information content (AvgIpc) is 3.54. The van der Waals surface area contributed by atoms with Gasteiger partial charge in [-0.3, -0.25) is 9.59 Å². The van der Waals surface area contributed by atoms with Gasteiger partial charge in [-0.25, -0.2) is 9.13 Å². The molecule has 0 unspecified atom stereocenters. The third-order valence-electron chi connectivity index (χ3n) is 9.08. The molecule has 3 aromatic carbocycles. The largest absolute Gasteiger partial charge is 0.491 e. The highest BCUT2D eigenvalue weighted by molar-refractivity contribution is 6.35. The number of carbonyl (C=O) groups is 2. The second-order valence-electron chi connectivity index (χ2n) is 14.1. The highest BCUT2D eigenvalue weighted by Gasteiger charge is 2.44. The van der Waals surface area contributed by atoms with Gasteiger partial charge in [-0.05, 0) is 74.9 Å². The Hall–Kier alpha value is -4.09. The second kappa shape index (κ2) is 15.7. The lowest BCUT2D eigenvalue weighted by Gasteiger charge is -2.40. The van der Waals surface area contributed by atoms with Crippen LogP contribution in [-0.4, -0.2) is 66.8 Å². The molecule has 2 fully saturated rings. The van der Waals surface area contributed by atoms with Gasteiger partial charge in [0, 0.05) is 55.8 Å². The first-order valence-electron chi connectivity index (χ1n) is 17.2. The van der Waals surface area contributed by atoms with Crippen LogP contribution in [0.3, 0.4) is 0 Å². The molecule has 0 N–H and O–H groups in total. The van der Waals surface area contributed by atoms with Crippen LogP contribution in [0.15, 0.2) is 85.5 Å². The minimum absolute atomic E-state index is 0.119. The molecule has 51 heavy (non-hydrogen) atoms. The fourth-order valence-electron chi connectivity index (χ4n) is 6.16. The Morgan fingerprint density at radius 3 is 2.33 bits per heavy atom. The molecule has 3 heterocycles. The van der Waals surface area contributed by atoms with E-state index < -0.39 is 11.2 Å². The van der Waals surface area contributed by atoms with E-state index in [2.05, 4.69) is 21.6 Å². The molecule has 0 bridgehead atoms. The van der Waals surface area contributed by atoms with Crippen molar-refractivity contribution in [3.63, 3.8) is 0 Å². The molecule has 2 aliphatic heterocycles. The lowest BCUT2D eigenvalue weighted by atomic mass is 9.97. The van der Waals surface area contributed by atoms with Gasteiger partial charge >= 0.3 is 5.97 Å². The highest BCUT2D eigenvalue weighted by atomic mass is 35.5. The molecule has 0 radical (unpaired) electrons. The normalized spacial score (nSPS) is 19.5. The van der Waals surface area contributed by atoms with Gasteiger partial charge in [-0.15, -0.1) is 0 Å². The first-order valence-corrected chi connectivity index (χ1v) is 18.0. The van der Waals surface area contributed by atoms with Gasteiger partial charge in [0.1, 0.15) is 43.6 Å². The van der Waals surface area contributed by atoms with E-state index in [0.29, 0.717) is 54.1 Å². The summed E-state index contributed by atoms with van der Waals surface area (Å²) in [5.74, 6) is -0.0719. The lowest BCUT2D eigenvalue weighted by molar-refractivity contribution is -0.688. The predicted octanol–water partition coefficient (Wildman–Crippen LogP) is 6.49. The van der Waals surface area contributed by atoms with E-state index in [1.165, 1.54) is 0 Å². The summed E-state index contributed by atoms with van der Waals surface area (Å²) in [7, 11) is 0. The van der Waals surface area contributed by atoms with Crippen molar-refractivity contribution < 1.29 is 33.1 Å². The number of carbonyl (C=O) groups excluding carboxylic acids is 2. The zero-order valence-corrected chi connectivity index (χ0v) is 31.0. The maximum atomic E-state index is 12.3. The average molecular weight is 737 g/mol. The smallest absolute Gasteiger partial charge is 0.316 e. The third-order valence-corrected chi connectivity index (χ3v) is 9.63. The number of halogens is 2. The zero-order chi connectivity index (χ0) is 36.2. The Labute approximate surface area is 309 Å². The minimum atomic E-state index is -1.19. The van der Waals surface area contributed by atoms with Gasteiger partial charge in [0.15, 0.2) is 0 Å². The summed E-state index contributed by atoms with van der Waals surface area (Å²) in [4.78, 5) is 28.1. The number of aromatic nitrogens is 2. The maximum Gasteiger partial charge on any atom is 0.316 e. The number of piperazine rings is 1. The topological polar surface area (TPSA) is 86.4 Å². The molecule has 0 spiro atoms. The van der Waals surface area contributed by atoms with Crippen molar-refractivity contribution in [2.24, 2.45) is 5.41 Å². The van der Waals surface area contributed by atoms with Gasteiger partial charge in [0.05, 0.1) is 23.1 Å². The molecule has 1 amide bonds. The van der Waals surface area contributed by atoms with Gasteiger partial charge in [-0.1, -0.05) is 41.4 Å². The summed E-state index contributed by atoms with van der Waals surface area (Å²) in [6.07, 6.45) is 6.34. The van der Waals surface area contributed by atoms with Crippen molar-refractivity contribution in [1.82, 2.24) is 9.47 Å². The molecular weight excluding hydrogens is 691 g/mol. The molecule has 4 aromatic rings. The first-order chi connectivity index (χ1) is 24.4. The summed E-state index contributed by atoms with van der Waals surface area (Å²) >= 11 is 13.1. The summed E-state index contributed by atoms with van der Waals surface area (Å²) in [5, 5.41) is 0.979. The van der Waals surface area contributed by atoms with E-state index in [0.717, 1.165) is 43.2 Å². The van der Waals surface area contributed by atoms with Crippen LogP contribution in [0.1, 0.15) is 45.2 Å². The van der Waals surface area contributed by atoms with Crippen LogP contribution >= 0.6 is 23.2 Å². The van der Waals surface area contributed by atoms with Gasteiger partial charge in [-0.2, -0.15) is 0 Å². The summed E-state index contributed by atoms with van der Waals surface area (Å²) in [6.45, 7) is 11.9. The number of imidazole rings is 1.